The summed E-state index contributed by atoms with van der Waals surface area (Å²) in [7, 11) is 0. The second-order valence-corrected chi connectivity index (χ2v) is 8.61. The van der Waals surface area contributed by atoms with E-state index in [4.69, 9.17) is 19.3 Å². The van der Waals surface area contributed by atoms with Crippen LogP contribution in [-0.2, 0) is 46.2 Å². The SMILES string of the molecule is CC(OC(=O)Cc1ccccc1)OC(=O)C(CCCCCC(=O)O)C(C)OC(=O)Cc1ccccc1. The van der Waals surface area contributed by atoms with Crippen molar-refractivity contribution >= 4 is 23.9 Å². The van der Waals surface area contributed by atoms with Crippen molar-refractivity contribution in [3.05, 3.63) is 71.8 Å². The summed E-state index contributed by atoms with van der Waals surface area (Å²) in [5.41, 5.74) is 1.57. The molecule has 194 valence electrons. The first-order valence-electron chi connectivity index (χ1n) is 12.1. The van der Waals surface area contributed by atoms with Gasteiger partial charge in [-0.15, -0.1) is 0 Å². The molecule has 2 rings (SSSR count). The quantitative estimate of drug-likeness (QED) is 0.217. The van der Waals surface area contributed by atoms with Gasteiger partial charge in [0.2, 0.25) is 6.29 Å². The Balaban J connectivity index is 1.93. The molecule has 2 aromatic rings. The molecule has 0 saturated heterocycles. The fourth-order valence-electron chi connectivity index (χ4n) is 3.72. The molecule has 2 aromatic carbocycles. The first-order valence-corrected chi connectivity index (χ1v) is 12.1. The lowest BCUT2D eigenvalue weighted by Crippen LogP contribution is -2.35. The zero-order chi connectivity index (χ0) is 26.3. The van der Waals surface area contributed by atoms with Gasteiger partial charge >= 0.3 is 23.9 Å². The van der Waals surface area contributed by atoms with Crippen LogP contribution < -0.4 is 0 Å². The van der Waals surface area contributed by atoms with Gasteiger partial charge in [-0.25, -0.2) is 0 Å². The maximum absolute atomic E-state index is 12.9. The van der Waals surface area contributed by atoms with Crippen LogP contribution in [0.25, 0.3) is 0 Å². The van der Waals surface area contributed by atoms with Crippen LogP contribution in [0.1, 0.15) is 57.1 Å². The number of ether oxygens (including phenoxy) is 3. The molecule has 0 aliphatic heterocycles. The first-order chi connectivity index (χ1) is 17.2. The molecule has 0 fully saturated rings. The highest BCUT2D eigenvalue weighted by Crippen LogP contribution is 2.21. The van der Waals surface area contributed by atoms with Crippen molar-refractivity contribution in [1.29, 1.82) is 0 Å². The van der Waals surface area contributed by atoms with Crippen LogP contribution in [0.5, 0.6) is 0 Å². The Bertz CT molecular complexity index is 974. The molecule has 0 amide bonds. The number of hydrogen-bond donors (Lipinski definition) is 1. The molecule has 0 spiro atoms. The maximum Gasteiger partial charge on any atom is 0.315 e. The summed E-state index contributed by atoms with van der Waals surface area (Å²) < 4.78 is 16.1. The van der Waals surface area contributed by atoms with Crippen LogP contribution in [0.15, 0.2) is 60.7 Å². The molecule has 0 aromatic heterocycles. The molecule has 0 bridgehead atoms. The predicted molar refractivity (Wildman–Crippen MR) is 132 cm³/mol. The standard InChI is InChI=1S/C28H34O8/c1-20(34-26(31)18-22-12-6-3-7-13-22)24(16-10-5-11-17-25(29)30)28(33)36-21(2)35-27(32)19-23-14-8-4-9-15-23/h3-4,6-9,12-15,20-21,24H,5,10-11,16-19H2,1-2H3,(H,29,30). The van der Waals surface area contributed by atoms with Gasteiger partial charge in [0, 0.05) is 13.3 Å². The number of benzene rings is 2. The number of carbonyl (C=O) groups excluding carboxylic acids is 3. The first kappa shape index (κ1) is 28.6. The Labute approximate surface area is 211 Å². The van der Waals surface area contributed by atoms with Crippen molar-refractivity contribution in [3.8, 4) is 0 Å². The van der Waals surface area contributed by atoms with Crippen LogP contribution in [0.2, 0.25) is 0 Å². The molecule has 8 nitrogen and oxygen atoms in total. The number of rotatable bonds is 15. The Kier molecular flexibility index (Phi) is 12.2. The lowest BCUT2D eigenvalue weighted by atomic mass is 9.95. The van der Waals surface area contributed by atoms with Crippen LogP contribution in [0, 0.1) is 5.92 Å². The smallest absolute Gasteiger partial charge is 0.315 e. The normalized spacial score (nSPS) is 13.2. The number of aliphatic carboxylic acids is 1. The summed E-state index contributed by atoms with van der Waals surface area (Å²) in [6.07, 6.45) is 0.234. The fraction of sp³-hybridized carbons (Fsp3) is 0.429. The molecule has 3 unspecified atom stereocenters. The summed E-state index contributed by atoms with van der Waals surface area (Å²) in [4.78, 5) is 48.3. The third-order valence-corrected chi connectivity index (χ3v) is 5.55. The maximum atomic E-state index is 12.9. The molecule has 0 aliphatic rings. The largest absolute Gasteiger partial charge is 0.481 e. The minimum Gasteiger partial charge on any atom is -0.481 e. The molecule has 1 N–H and O–H groups in total. The van der Waals surface area contributed by atoms with Crippen LogP contribution >= 0.6 is 0 Å². The van der Waals surface area contributed by atoms with Gasteiger partial charge in [0.05, 0.1) is 18.8 Å². The zero-order valence-corrected chi connectivity index (χ0v) is 20.8. The summed E-state index contributed by atoms with van der Waals surface area (Å²) in [6.45, 7) is 3.08. The van der Waals surface area contributed by atoms with Crippen LogP contribution in [0.4, 0.5) is 0 Å². The van der Waals surface area contributed by atoms with E-state index in [2.05, 4.69) is 0 Å². The van der Waals surface area contributed by atoms with E-state index in [9.17, 15) is 19.2 Å². The Morgan fingerprint density at radius 1 is 0.722 bits per heavy atom. The van der Waals surface area contributed by atoms with E-state index >= 15 is 0 Å². The highest BCUT2D eigenvalue weighted by molar-refractivity contribution is 5.76. The minimum absolute atomic E-state index is 0.0449. The van der Waals surface area contributed by atoms with E-state index in [0.717, 1.165) is 11.1 Å². The third kappa shape index (κ3) is 11.2. The number of carboxylic acid groups (broad SMARTS) is 1. The van der Waals surface area contributed by atoms with Crippen molar-refractivity contribution in [2.75, 3.05) is 0 Å². The molecule has 0 saturated carbocycles. The van der Waals surface area contributed by atoms with Crippen molar-refractivity contribution in [2.45, 2.75) is 71.2 Å². The molecular formula is C28H34O8. The van der Waals surface area contributed by atoms with Crippen LogP contribution in [0.3, 0.4) is 0 Å². The molecule has 0 aliphatic carbocycles. The second-order valence-electron chi connectivity index (χ2n) is 8.61. The Hall–Kier alpha value is -3.68. The summed E-state index contributed by atoms with van der Waals surface area (Å²) >= 11 is 0. The lowest BCUT2D eigenvalue weighted by Gasteiger charge is -2.24. The average molecular weight is 499 g/mol. The third-order valence-electron chi connectivity index (χ3n) is 5.55. The zero-order valence-electron chi connectivity index (χ0n) is 20.8. The number of carboxylic acids is 1. The Morgan fingerprint density at radius 3 is 1.78 bits per heavy atom. The average Bonchev–Trinajstić information content (AvgIpc) is 2.81. The molecular weight excluding hydrogens is 464 g/mol. The van der Waals surface area contributed by atoms with E-state index in [1.165, 1.54) is 6.92 Å². The van der Waals surface area contributed by atoms with Gasteiger partial charge in [0.25, 0.3) is 0 Å². The molecule has 8 heteroatoms. The molecule has 0 radical (unpaired) electrons. The summed E-state index contributed by atoms with van der Waals surface area (Å²) in [5.74, 6) is -3.31. The van der Waals surface area contributed by atoms with Crippen LogP contribution in [-0.4, -0.2) is 41.4 Å². The highest BCUT2D eigenvalue weighted by atomic mass is 16.7. The van der Waals surface area contributed by atoms with Gasteiger partial charge in [-0.05, 0) is 30.9 Å². The number of carbonyl (C=O) groups is 4. The van der Waals surface area contributed by atoms with E-state index in [-0.39, 0.29) is 19.3 Å². The van der Waals surface area contributed by atoms with Gasteiger partial charge in [0.1, 0.15) is 6.10 Å². The van der Waals surface area contributed by atoms with E-state index in [1.54, 1.807) is 19.1 Å². The predicted octanol–water partition coefficient (Wildman–Crippen LogP) is 4.49. The van der Waals surface area contributed by atoms with E-state index in [1.807, 2.05) is 48.5 Å². The Morgan fingerprint density at radius 2 is 1.25 bits per heavy atom. The highest BCUT2D eigenvalue weighted by Gasteiger charge is 2.31. The van der Waals surface area contributed by atoms with Gasteiger partial charge in [0.15, 0.2) is 0 Å². The topological polar surface area (TPSA) is 116 Å². The fourth-order valence-corrected chi connectivity index (χ4v) is 3.72. The number of hydrogen-bond acceptors (Lipinski definition) is 7. The van der Waals surface area contributed by atoms with E-state index in [0.29, 0.717) is 25.7 Å². The lowest BCUT2D eigenvalue weighted by molar-refractivity contribution is -0.190. The second kappa shape index (κ2) is 15.3. The molecule has 36 heavy (non-hydrogen) atoms. The van der Waals surface area contributed by atoms with Gasteiger partial charge in [-0.1, -0.05) is 73.5 Å². The van der Waals surface area contributed by atoms with Gasteiger partial charge < -0.3 is 19.3 Å². The monoisotopic (exact) mass is 498 g/mol. The number of esters is 3. The van der Waals surface area contributed by atoms with Crippen molar-refractivity contribution in [2.24, 2.45) is 5.92 Å². The van der Waals surface area contributed by atoms with Crippen molar-refractivity contribution < 1.29 is 38.5 Å². The van der Waals surface area contributed by atoms with Crippen molar-refractivity contribution in [3.63, 3.8) is 0 Å². The van der Waals surface area contributed by atoms with Crippen molar-refractivity contribution in [1.82, 2.24) is 0 Å². The molecule has 0 heterocycles. The number of unbranched alkanes of at least 4 members (excludes halogenated alkanes) is 2. The summed E-state index contributed by atoms with van der Waals surface area (Å²) in [6, 6.07) is 18.2. The minimum atomic E-state index is -1.12. The summed E-state index contributed by atoms with van der Waals surface area (Å²) in [5, 5.41) is 8.81. The van der Waals surface area contributed by atoms with E-state index < -0.39 is 42.2 Å². The molecule has 3 atom stereocenters. The van der Waals surface area contributed by atoms with Gasteiger partial charge in [-0.2, -0.15) is 0 Å². The van der Waals surface area contributed by atoms with Gasteiger partial charge in [-0.3, -0.25) is 19.2 Å².